The van der Waals surface area contributed by atoms with Crippen molar-refractivity contribution in [1.29, 1.82) is 0 Å². The number of nitrogens with one attached hydrogen (secondary N) is 1. The summed E-state index contributed by atoms with van der Waals surface area (Å²) in [4.78, 5) is 23.8. The largest absolute Gasteiger partial charge is 0.481 e. The second-order valence-corrected chi connectivity index (χ2v) is 5.96. The Morgan fingerprint density at radius 2 is 1.81 bits per heavy atom. The van der Waals surface area contributed by atoms with Crippen molar-refractivity contribution in [3.63, 3.8) is 0 Å². The lowest BCUT2D eigenvalue weighted by Gasteiger charge is -2.29. The maximum Gasteiger partial charge on any atom is 0.307 e. The highest BCUT2D eigenvalue weighted by Gasteiger charge is 2.37. The van der Waals surface area contributed by atoms with E-state index in [0.717, 1.165) is 11.1 Å². The van der Waals surface area contributed by atoms with Crippen molar-refractivity contribution in [3.05, 3.63) is 40.4 Å². The summed E-state index contributed by atoms with van der Waals surface area (Å²) >= 11 is 5.88. The summed E-state index contributed by atoms with van der Waals surface area (Å²) in [5.74, 6) is -2.41. The molecule has 0 radical (unpaired) electrons. The number of hydrogen-bond donors (Lipinski definition) is 2. The molecule has 0 heterocycles. The molecule has 0 fully saturated rings. The van der Waals surface area contributed by atoms with Gasteiger partial charge in [0.2, 0.25) is 5.91 Å². The molecule has 2 rings (SSSR count). The molecule has 1 amide bonds. The van der Waals surface area contributed by atoms with Crippen molar-refractivity contribution in [2.75, 3.05) is 5.32 Å². The third-order valence-electron chi connectivity index (χ3n) is 4.01. The highest BCUT2D eigenvalue weighted by Crippen LogP contribution is 2.35. The number of carboxylic acids is 1. The van der Waals surface area contributed by atoms with Crippen LogP contribution in [0.5, 0.6) is 0 Å². The average molecular weight is 308 g/mol. The predicted octanol–water partition coefficient (Wildman–Crippen LogP) is 3.73. The number of carboxylic acid groups (broad SMARTS) is 1. The monoisotopic (exact) mass is 307 g/mol. The molecule has 1 aromatic rings. The SMILES string of the molecule is CC1=C(C)C[C@@H](C(=O)O)[C@@H](C(=O)Nc2cccc(Cl)c2)C1. The van der Waals surface area contributed by atoms with Crippen LogP contribution in [-0.2, 0) is 9.59 Å². The van der Waals surface area contributed by atoms with Crippen LogP contribution in [0.4, 0.5) is 5.69 Å². The molecule has 0 bridgehead atoms. The van der Waals surface area contributed by atoms with Gasteiger partial charge in [-0.15, -0.1) is 0 Å². The van der Waals surface area contributed by atoms with Gasteiger partial charge in [-0.3, -0.25) is 9.59 Å². The minimum Gasteiger partial charge on any atom is -0.481 e. The number of carbonyl (C=O) groups excluding carboxylic acids is 1. The minimum atomic E-state index is -0.923. The highest BCUT2D eigenvalue weighted by molar-refractivity contribution is 6.30. The molecule has 2 atom stereocenters. The fourth-order valence-electron chi connectivity index (χ4n) is 2.63. The van der Waals surface area contributed by atoms with Crippen LogP contribution in [0.3, 0.4) is 0 Å². The van der Waals surface area contributed by atoms with E-state index in [1.165, 1.54) is 0 Å². The predicted molar refractivity (Wildman–Crippen MR) is 82.3 cm³/mol. The first kappa shape index (κ1) is 15.6. The summed E-state index contributed by atoms with van der Waals surface area (Å²) in [6.45, 7) is 3.88. The Hall–Kier alpha value is -1.81. The molecule has 2 N–H and O–H groups in total. The van der Waals surface area contributed by atoms with E-state index in [4.69, 9.17) is 11.6 Å². The molecule has 0 saturated carbocycles. The van der Waals surface area contributed by atoms with Gasteiger partial charge >= 0.3 is 5.97 Å². The Kier molecular flexibility index (Phi) is 4.68. The van der Waals surface area contributed by atoms with E-state index in [1.54, 1.807) is 24.3 Å². The number of aliphatic carboxylic acids is 1. The maximum atomic E-state index is 12.4. The Balaban J connectivity index is 2.18. The summed E-state index contributed by atoms with van der Waals surface area (Å²) in [5, 5.41) is 12.6. The summed E-state index contributed by atoms with van der Waals surface area (Å²) in [7, 11) is 0. The molecule has 5 heteroatoms. The molecule has 21 heavy (non-hydrogen) atoms. The highest BCUT2D eigenvalue weighted by atomic mass is 35.5. The molecule has 1 aromatic carbocycles. The van der Waals surface area contributed by atoms with Gasteiger partial charge in [-0.25, -0.2) is 0 Å². The molecule has 0 aromatic heterocycles. The van der Waals surface area contributed by atoms with Gasteiger partial charge in [0.05, 0.1) is 11.8 Å². The molecule has 0 saturated heterocycles. The third kappa shape index (κ3) is 3.64. The van der Waals surface area contributed by atoms with E-state index >= 15 is 0 Å². The van der Waals surface area contributed by atoms with E-state index in [0.29, 0.717) is 23.6 Å². The number of carbonyl (C=O) groups is 2. The zero-order valence-corrected chi connectivity index (χ0v) is 12.8. The number of allylic oxidation sites excluding steroid dienone is 2. The second kappa shape index (κ2) is 6.31. The molecule has 0 spiro atoms. The molecule has 112 valence electrons. The fraction of sp³-hybridized carbons (Fsp3) is 0.375. The minimum absolute atomic E-state index is 0.267. The van der Waals surface area contributed by atoms with Crippen LogP contribution in [0.25, 0.3) is 0 Å². The zero-order valence-electron chi connectivity index (χ0n) is 12.0. The Bertz CT molecular complexity index is 609. The molecule has 1 aliphatic rings. The third-order valence-corrected chi connectivity index (χ3v) is 4.25. The molecule has 0 aliphatic heterocycles. The Morgan fingerprint density at radius 3 is 2.38 bits per heavy atom. The first-order valence-corrected chi connectivity index (χ1v) is 7.20. The van der Waals surface area contributed by atoms with Gasteiger partial charge in [0.1, 0.15) is 0 Å². The van der Waals surface area contributed by atoms with Gasteiger partial charge in [-0.2, -0.15) is 0 Å². The van der Waals surface area contributed by atoms with Crippen molar-refractivity contribution in [2.45, 2.75) is 26.7 Å². The molecule has 0 unspecified atom stereocenters. The van der Waals surface area contributed by atoms with Crippen molar-refractivity contribution >= 4 is 29.2 Å². The van der Waals surface area contributed by atoms with Gasteiger partial charge < -0.3 is 10.4 Å². The lowest BCUT2D eigenvalue weighted by Crippen LogP contribution is -2.36. The van der Waals surface area contributed by atoms with Crippen LogP contribution in [0.15, 0.2) is 35.4 Å². The van der Waals surface area contributed by atoms with Crippen LogP contribution < -0.4 is 5.32 Å². The molecule has 4 nitrogen and oxygen atoms in total. The normalized spacial score (nSPS) is 22.0. The average Bonchev–Trinajstić information content (AvgIpc) is 2.41. The first-order chi connectivity index (χ1) is 9.88. The number of benzene rings is 1. The van der Waals surface area contributed by atoms with Gasteiger partial charge in [-0.05, 0) is 44.9 Å². The maximum absolute atomic E-state index is 12.4. The second-order valence-electron chi connectivity index (χ2n) is 5.52. The zero-order chi connectivity index (χ0) is 15.6. The number of hydrogen-bond acceptors (Lipinski definition) is 2. The number of rotatable bonds is 3. The topological polar surface area (TPSA) is 66.4 Å². The summed E-state index contributed by atoms with van der Waals surface area (Å²) < 4.78 is 0. The van der Waals surface area contributed by atoms with E-state index in [2.05, 4.69) is 5.32 Å². The van der Waals surface area contributed by atoms with Crippen LogP contribution in [0.1, 0.15) is 26.7 Å². The standard InChI is InChI=1S/C16H18ClNO3/c1-9-6-13(14(16(20)21)7-10(9)2)15(19)18-12-5-3-4-11(17)8-12/h3-5,8,13-14H,6-7H2,1-2H3,(H,18,19)(H,20,21)/t13-,14+/m0/s1. The van der Waals surface area contributed by atoms with Gasteiger partial charge in [-0.1, -0.05) is 28.8 Å². The number of amides is 1. The quantitative estimate of drug-likeness (QED) is 0.836. The first-order valence-electron chi connectivity index (χ1n) is 6.83. The van der Waals surface area contributed by atoms with E-state index in [9.17, 15) is 14.7 Å². The lowest BCUT2D eigenvalue weighted by atomic mass is 9.76. The summed E-state index contributed by atoms with van der Waals surface area (Å²) in [5.41, 5.74) is 2.74. The number of anilines is 1. The Morgan fingerprint density at radius 1 is 1.19 bits per heavy atom. The van der Waals surface area contributed by atoms with Crippen LogP contribution in [0.2, 0.25) is 5.02 Å². The van der Waals surface area contributed by atoms with Crippen LogP contribution >= 0.6 is 11.6 Å². The number of halogens is 1. The molecule has 1 aliphatic carbocycles. The fourth-order valence-corrected chi connectivity index (χ4v) is 2.82. The van der Waals surface area contributed by atoms with E-state index in [1.807, 2.05) is 13.8 Å². The molecular formula is C16H18ClNO3. The van der Waals surface area contributed by atoms with Crippen LogP contribution in [0, 0.1) is 11.8 Å². The summed E-state index contributed by atoms with van der Waals surface area (Å²) in [6, 6.07) is 6.83. The van der Waals surface area contributed by atoms with Gasteiger partial charge in [0.25, 0.3) is 0 Å². The van der Waals surface area contributed by atoms with E-state index in [-0.39, 0.29) is 5.91 Å². The van der Waals surface area contributed by atoms with Crippen LogP contribution in [-0.4, -0.2) is 17.0 Å². The van der Waals surface area contributed by atoms with Crippen molar-refractivity contribution in [3.8, 4) is 0 Å². The van der Waals surface area contributed by atoms with E-state index < -0.39 is 17.8 Å². The Labute approximate surface area is 128 Å². The lowest BCUT2D eigenvalue weighted by molar-refractivity contribution is -0.146. The van der Waals surface area contributed by atoms with Crippen molar-refractivity contribution in [1.82, 2.24) is 0 Å². The van der Waals surface area contributed by atoms with Crippen molar-refractivity contribution < 1.29 is 14.7 Å². The van der Waals surface area contributed by atoms with Gasteiger partial charge in [0.15, 0.2) is 0 Å². The molecular weight excluding hydrogens is 290 g/mol. The summed E-state index contributed by atoms with van der Waals surface area (Å²) in [6.07, 6.45) is 0.907. The smallest absolute Gasteiger partial charge is 0.307 e. The van der Waals surface area contributed by atoms with Gasteiger partial charge in [0, 0.05) is 10.7 Å². The van der Waals surface area contributed by atoms with Crippen molar-refractivity contribution in [2.24, 2.45) is 11.8 Å².